The number of para-hydroxylation sites is 1. The van der Waals surface area contributed by atoms with Crippen LogP contribution in [0, 0.1) is 5.82 Å². The van der Waals surface area contributed by atoms with Crippen molar-refractivity contribution in [1.29, 1.82) is 0 Å². The normalized spacial score (nSPS) is 22.9. The number of ether oxygens (including phenoxy) is 1. The molecule has 1 fully saturated rings. The first-order chi connectivity index (χ1) is 10.3. The van der Waals surface area contributed by atoms with E-state index in [1.807, 2.05) is 6.07 Å². The fraction of sp³-hybridized carbons (Fsp3) is 0.667. The quantitative estimate of drug-likeness (QED) is 0.825. The van der Waals surface area contributed by atoms with Gasteiger partial charge < -0.3 is 4.74 Å². The van der Waals surface area contributed by atoms with Crippen LogP contribution in [-0.2, 0) is 6.42 Å². The molecule has 3 rings (SSSR count). The van der Waals surface area contributed by atoms with E-state index in [1.54, 1.807) is 6.07 Å². The summed E-state index contributed by atoms with van der Waals surface area (Å²) in [6.07, 6.45) is 8.80. The maximum Gasteiger partial charge on any atom is 0.165 e. The van der Waals surface area contributed by atoms with Crippen molar-refractivity contribution >= 4 is 0 Å². The van der Waals surface area contributed by atoms with Gasteiger partial charge in [-0.15, -0.1) is 0 Å². The van der Waals surface area contributed by atoms with Gasteiger partial charge >= 0.3 is 0 Å². The molecular formula is C18H26FNO. The molecule has 0 N–H and O–H groups in total. The lowest BCUT2D eigenvalue weighted by Gasteiger charge is -2.41. The highest BCUT2D eigenvalue weighted by Gasteiger charge is 2.31. The van der Waals surface area contributed by atoms with Crippen molar-refractivity contribution in [3.05, 3.63) is 29.6 Å². The summed E-state index contributed by atoms with van der Waals surface area (Å²) >= 11 is 0. The third kappa shape index (κ3) is 3.23. The van der Waals surface area contributed by atoms with Gasteiger partial charge in [-0.25, -0.2) is 4.39 Å². The Morgan fingerprint density at radius 1 is 1.19 bits per heavy atom. The standard InChI is InChI=1S/C18H26FNO/c1-2-11-20(15-8-4-3-5-9-15)16-12-14-7-6-10-17(19)18(14)21-13-16/h6-7,10,15-16H,2-5,8-9,11-13H2,1H3/t16-/m1/s1. The van der Waals surface area contributed by atoms with Gasteiger partial charge in [0.15, 0.2) is 11.6 Å². The van der Waals surface area contributed by atoms with Crippen LogP contribution in [0.5, 0.6) is 5.75 Å². The second kappa shape index (κ2) is 6.78. The highest BCUT2D eigenvalue weighted by Crippen LogP contribution is 2.32. The Balaban J connectivity index is 1.75. The maximum atomic E-state index is 13.8. The maximum absolute atomic E-state index is 13.8. The van der Waals surface area contributed by atoms with E-state index in [4.69, 9.17) is 4.74 Å². The van der Waals surface area contributed by atoms with Crippen molar-refractivity contribution in [3.8, 4) is 5.75 Å². The SMILES string of the molecule is CCCN(C1CCCCC1)[C@H]1COc2c(F)cccc2C1. The molecule has 0 aromatic heterocycles. The minimum absolute atomic E-state index is 0.217. The molecule has 0 spiro atoms. The third-order valence-electron chi connectivity index (χ3n) is 4.92. The number of halogens is 1. The first kappa shape index (κ1) is 14.8. The third-order valence-corrected chi connectivity index (χ3v) is 4.92. The molecule has 1 aliphatic heterocycles. The molecule has 21 heavy (non-hydrogen) atoms. The molecule has 0 radical (unpaired) electrons. The summed E-state index contributed by atoms with van der Waals surface area (Å²) in [5, 5.41) is 0. The zero-order valence-electron chi connectivity index (χ0n) is 13.0. The molecule has 1 aromatic carbocycles. The Hall–Kier alpha value is -1.09. The van der Waals surface area contributed by atoms with Gasteiger partial charge in [0, 0.05) is 12.1 Å². The minimum atomic E-state index is -0.217. The summed E-state index contributed by atoms with van der Waals surface area (Å²) in [6.45, 7) is 4.00. The van der Waals surface area contributed by atoms with Crippen LogP contribution in [0.15, 0.2) is 18.2 Å². The zero-order valence-corrected chi connectivity index (χ0v) is 13.0. The Morgan fingerprint density at radius 3 is 2.76 bits per heavy atom. The van der Waals surface area contributed by atoms with Crippen LogP contribution in [0.25, 0.3) is 0 Å². The minimum Gasteiger partial charge on any atom is -0.489 e. The molecule has 1 saturated carbocycles. The molecule has 1 heterocycles. The predicted octanol–water partition coefficient (Wildman–Crippen LogP) is 4.17. The lowest BCUT2D eigenvalue weighted by Crippen LogP contribution is -2.49. The van der Waals surface area contributed by atoms with Crippen molar-refractivity contribution in [2.45, 2.75) is 64.0 Å². The van der Waals surface area contributed by atoms with Crippen molar-refractivity contribution in [2.24, 2.45) is 0 Å². The molecule has 0 saturated heterocycles. The Morgan fingerprint density at radius 2 is 2.00 bits per heavy atom. The average Bonchev–Trinajstić information content (AvgIpc) is 2.53. The Kier molecular flexibility index (Phi) is 4.79. The van der Waals surface area contributed by atoms with Gasteiger partial charge in [0.2, 0.25) is 0 Å². The van der Waals surface area contributed by atoms with Crippen LogP contribution in [-0.4, -0.2) is 30.1 Å². The summed E-state index contributed by atoms with van der Waals surface area (Å²) in [6, 6.07) is 6.40. The summed E-state index contributed by atoms with van der Waals surface area (Å²) in [5.41, 5.74) is 1.03. The van der Waals surface area contributed by atoms with Crippen molar-refractivity contribution in [2.75, 3.05) is 13.2 Å². The summed E-state index contributed by atoms with van der Waals surface area (Å²) in [7, 11) is 0. The topological polar surface area (TPSA) is 12.5 Å². The van der Waals surface area contributed by atoms with Crippen molar-refractivity contribution in [1.82, 2.24) is 4.90 Å². The van der Waals surface area contributed by atoms with Gasteiger partial charge in [-0.2, -0.15) is 0 Å². The fourth-order valence-corrected chi connectivity index (χ4v) is 3.92. The molecule has 0 bridgehead atoms. The fourth-order valence-electron chi connectivity index (χ4n) is 3.92. The van der Waals surface area contributed by atoms with Crippen LogP contribution < -0.4 is 4.74 Å². The molecular weight excluding hydrogens is 265 g/mol. The smallest absolute Gasteiger partial charge is 0.165 e. The van der Waals surface area contributed by atoms with E-state index in [9.17, 15) is 4.39 Å². The second-order valence-corrected chi connectivity index (χ2v) is 6.43. The van der Waals surface area contributed by atoms with Crippen LogP contribution in [0.2, 0.25) is 0 Å². The molecule has 0 amide bonds. The Labute approximate surface area is 127 Å². The number of benzene rings is 1. The van der Waals surface area contributed by atoms with Gasteiger partial charge in [-0.1, -0.05) is 38.3 Å². The van der Waals surface area contributed by atoms with Gasteiger partial charge in [0.05, 0.1) is 0 Å². The van der Waals surface area contributed by atoms with E-state index < -0.39 is 0 Å². The number of nitrogens with zero attached hydrogens (tertiary/aromatic N) is 1. The summed E-state index contributed by atoms with van der Waals surface area (Å²) in [4.78, 5) is 2.65. The van der Waals surface area contributed by atoms with Crippen LogP contribution in [0.3, 0.4) is 0 Å². The van der Waals surface area contributed by atoms with E-state index in [0.29, 0.717) is 24.4 Å². The van der Waals surface area contributed by atoms with Crippen LogP contribution in [0.1, 0.15) is 51.0 Å². The first-order valence-corrected chi connectivity index (χ1v) is 8.45. The average molecular weight is 291 g/mol. The molecule has 1 aliphatic carbocycles. The molecule has 3 heteroatoms. The van der Waals surface area contributed by atoms with Gasteiger partial charge in [-0.3, -0.25) is 4.90 Å². The highest BCUT2D eigenvalue weighted by molar-refractivity contribution is 5.37. The summed E-state index contributed by atoms with van der Waals surface area (Å²) in [5.74, 6) is 0.263. The molecule has 2 aliphatic rings. The molecule has 0 unspecified atom stereocenters. The lowest BCUT2D eigenvalue weighted by atomic mass is 9.91. The molecule has 1 aromatic rings. The molecule has 1 atom stereocenters. The predicted molar refractivity (Wildman–Crippen MR) is 83.3 cm³/mol. The van der Waals surface area contributed by atoms with Gasteiger partial charge in [0.25, 0.3) is 0 Å². The number of hydrogen-bond donors (Lipinski definition) is 0. The van der Waals surface area contributed by atoms with E-state index in [0.717, 1.165) is 18.5 Å². The monoisotopic (exact) mass is 291 g/mol. The van der Waals surface area contributed by atoms with Crippen molar-refractivity contribution < 1.29 is 9.13 Å². The number of hydrogen-bond acceptors (Lipinski definition) is 2. The highest BCUT2D eigenvalue weighted by atomic mass is 19.1. The Bertz CT molecular complexity index is 470. The zero-order chi connectivity index (χ0) is 14.7. The largest absolute Gasteiger partial charge is 0.489 e. The van der Waals surface area contributed by atoms with Crippen LogP contribution in [0.4, 0.5) is 4.39 Å². The lowest BCUT2D eigenvalue weighted by molar-refractivity contribution is 0.0606. The van der Waals surface area contributed by atoms with Crippen molar-refractivity contribution in [3.63, 3.8) is 0 Å². The van der Waals surface area contributed by atoms with Gasteiger partial charge in [0.1, 0.15) is 6.61 Å². The van der Waals surface area contributed by atoms with E-state index in [1.165, 1.54) is 44.6 Å². The van der Waals surface area contributed by atoms with E-state index >= 15 is 0 Å². The molecule has 116 valence electrons. The van der Waals surface area contributed by atoms with E-state index in [2.05, 4.69) is 11.8 Å². The molecule has 2 nitrogen and oxygen atoms in total. The second-order valence-electron chi connectivity index (χ2n) is 6.43. The van der Waals surface area contributed by atoms with Crippen LogP contribution >= 0.6 is 0 Å². The number of fused-ring (bicyclic) bond motifs is 1. The van der Waals surface area contributed by atoms with Gasteiger partial charge in [-0.05, 0) is 43.9 Å². The van der Waals surface area contributed by atoms with E-state index in [-0.39, 0.29) is 5.82 Å². The number of rotatable bonds is 4. The first-order valence-electron chi connectivity index (χ1n) is 8.45. The summed E-state index contributed by atoms with van der Waals surface area (Å²) < 4.78 is 19.5.